The quantitative estimate of drug-likeness (QED) is 0.623. The summed E-state index contributed by atoms with van der Waals surface area (Å²) < 4.78 is 23.7. The first-order valence-electron chi connectivity index (χ1n) is 3.06. The van der Waals surface area contributed by atoms with Gasteiger partial charge in [0.15, 0.2) is 0 Å². The normalized spacial score (nSPS) is 38.3. The molecule has 2 atom stereocenters. The molecule has 0 heterocycles. The minimum Gasteiger partial charge on any atom is -0.319 e. The highest BCUT2D eigenvalue weighted by Crippen LogP contribution is 2.45. The molecule has 0 aromatic rings. The summed E-state index contributed by atoms with van der Waals surface area (Å²) in [5.74, 6) is -1.23. The third-order valence-corrected chi connectivity index (χ3v) is 2.02. The van der Waals surface area contributed by atoms with Crippen LogP contribution in [0, 0.1) is 5.92 Å². The first-order chi connectivity index (χ1) is 4.48. The molecule has 2 N–H and O–H groups in total. The molecule has 2 nitrogen and oxygen atoms in total. The molecule has 1 fully saturated rings. The van der Waals surface area contributed by atoms with Gasteiger partial charge in [0.25, 0.3) is 0 Å². The van der Waals surface area contributed by atoms with Gasteiger partial charge in [-0.05, 0) is 13.3 Å². The van der Waals surface area contributed by atoms with Crippen LogP contribution in [-0.4, -0.2) is 17.7 Å². The highest BCUT2D eigenvalue weighted by molar-refractivity contribution is 5.89. The van der Waals surface area contributed by atoms with Crippen molar-refractivity contribution in [1.29, 1.82) is 0 Å². The van der Waals surface area contributed by atoms with E-state index in [1.54, 1.807) is 0 Å². The number of ketones is 1. The van der Waals surface area contributed by atoms with Crippen LogP contribution < -0.4 is 5.73 Å². The minimum absolute atomic E-state index is 0.139. The molecule has 58 valence electrons. The molecule has 1 aliphatic rings. The SMILES string of the molecule is CC(=O)[C@@]1(N)C[C@H]1C(F)F. The molecule has 0 saturated heterocycles. The van der Waals surface area contributed by atoms with Crippen molar-refractivity contribution in [3.05, 3.63) is 0 Å². The van der Waals surface area contributed by atoms with Gasteiger partial charge in [-0.2, -0.15) is 0 Å². The summed E-state index contributed by atoms with van der Waals surface area (Å²) >= 11 is 0. The van der Waals surface area contributed by atoms with Crippen molar-refractivity contribution in [1.82, 2.24) is 0 Å². The van der Waals surface area contributed by atoms with Gasteiger partial charge in [0, 0.05) is 5.92 Å². The molecule has 0 unspecified atom stereocenters. The third kappa shape index (κ3) is 0.923. The number of hydrogen-bond acceptors (Lipinski definition) is 2. The van der Waals surface area contributed by atoms with Gasteiger partial charge in [0.05, 0.1) is 5.54 Å². The van der Waals surface area contributed by atoms with Crippen LogP contribution >= 0.6 is 0 Å². The zero-order valence-corrected chi connectivity index (χ0v) is 5.60. The second-order valence-electron chi connectivity index (χ2n) is 2.74. The number of halogens is 2. The molecular formula is C6H9F2NO. The van der Waals surface area contributed by atoms with Crippen LogP contribution in [0.5, 0.6) is 0 Å². The number of hydrogen-bond donors (Lipinski definition) is 1. The van der Waals surface area contributed by atoms with Gasteiger partial charge < -0.3 is 5.73 Å². The van der Waals surface area contributed by atoms with Crippen molar-refractivity contribution in [2.75, 3.05) is 0 Å². The summed E-state index contributed by atoms with van der Waals surface area (Å²) in [7, 11) is 0. The lowest BCUT2D eigenvalue weighted by atomic mass is 10.1. The Morgan fingerprint density at radius 2 is 2.30 bits per heavy atom. The lowest BCUT2D eigenvalue weighted by Crippen LogP contribution is -2.34. The van der Waals surface area contributed by atoms with Crippen molar-refractivity contribution in [2.45, 2.75) is 25.3 Å². The summed E-state index contributed by atoms with van der Waals surface area (Å²) in [6.07, 6.45) is -2.31. The van der Waals surface area contributed by atoms with Gasteiger partial charge in [0.1, 0.15) is 5.78 Å². The van der Waals surface area contributed by atoms with Crippen LogP contribution in [0.1, 0.15) is 13.3 Å². The van der Waals surface area contributed by atoms with Crippen LogP contribution in [-0.2, 0) is 4.79 Å². The Morgan fingerprint density at radius 1 is 1.80 bits per heavy atom. The van der Waals surface area contributed by atoms with E-state index in [2.05, 4.69) is 0 Å². The highest BCUT2D eigenvalue weighted by Gasteiger charge is 2.59. The summed E-state index contributed by atoms with van der Waals surface area (Å²) in [4.78, 5) is 10.6. The van der Waals surface area contributed by atoms with Crippen molar-refractivity contribution >= 4 is 5.78 Å². The number of rotatable bonds is 2. The van der Waals surface area contributed by atoms with Crippen LogP contribution in [0.4, 0.5) is 8.78 Å². The fraction of sp³-hybridized carbons (Fsp3) is 0.833. The molecular weight excluding hydrogens is 140 g/mol. The first kappa shape index (κ1) is 7.60. The Kier molecular flexibility index (Phi) is 1.51. The summed E-state index contributed by atoms with van der Waals surface area (Å²) in [5, 5.41) is 0. The van der Waals surface area contributed by atoms with Crippen molar-refractivity contribution < 1.29 is 13.6 Å². The molecule has 0 aromatic heterocycles. The van der Waals surface area contributed by atoms with Crippen molar-refractivity contribution in [2.24, 2.45) is 11.7 Å². The lowest BCUT2D eigenvalue weighted by molar-refractivity contribution is -0.120. The molecule has 0 radical (unpaired) electrons. The van der Waals surface area contributed by atoms with E-state index >= 15 is 0 Å². The Balaban J connectivity index is 2.56. The van der Waals surface area contributed by atoms with Gasteiger partial charge in [0.2, 0.25) is 6.43 Å². The van der Waals surface area contributed by atoms with E-state index in [1.807, 2.05) is 0 Å². The van der Waals surface area contributed by atoms with E-state index in [0.717, 1.165) is 0 Å². The van der Waals surface area contributed by atoms with Gasteiger partial charge >= 0.3 is 0 Å². The minimum atomic E-state index is -2.45. The third-order valence-electron chi connectivity index (χ3n) is 2.02. The van der Waals surface area contributed by atoms with Gasteiger partial charge in [-0.25, -0.2) is 8.78 Å². The van der Waals surface area contributed by atoms with Gasteiger partial charge in [-0.1, -0.05) is 0 Å². The van der Waals surface area contributed by atoms with E-state index in [1.165, 1.54) is 6.92 Å². The van der Waals surface area contributed by atoms with Crippen LogP contribution in [0.25, 0.3) is 0 Å². The molecule has 1 aliphatic carbocycles. The number of alkyl halides is 2. The number of carbonyl (C=O) groups excluding carboxylic acids is 1. The van der Waals surface area contributed by atoms with Gasteiger partial charge in [-0.3, -0.25) is 4.79 Å². The maximum atomic E-state index is 11.8. The first-order valence-corrected chi connectivity index (χ1v) is 3.06. The van der Waals surface area contributed by atoms with E-state index in [9.17, 15) is 13.6 Å². The lowest BCUT2D eigenvalue weighted by Gasteiger charge is -2.04. The Labute approximate surface area is 57.4 Å². The maximum absolute atomic E-state index is 11.8. The molecule has 0 bridgehead atoms. The highest BCUT2D eigenvalue weighted by atomic mass is 19.3. The predicted molar refractivity (Wildman–Crippen MR) is 31.7 cm³/mol. The van der Waals surface area contributed by atoms with Crippen molar-refractivity contribution in [3.63, 3.8) is 0 Å². The summed E-state index contributed by atoms with van der Waals surface area (Å²) in [6.45, 7) is 1.25. The second kappa shape index (κ2) is 1.99. The zero-order chi connectivity index (χ0) is 7.94. The predicted octanol–water partition coefficient (Wildman–Crippen LogP) is 0.558. The number of carbonyl (C=O) groups is 1. The monoisotopic (exact) mass is 149 g/mol. The smallest absolute Gasteiger partial charge is 0.243 e. The van der Waals surface area contributed by atoms with Gasteiger partial charge in [-0.15, -0.1) is 0 Å². The molecule has 1 saturated carbocycles. The maximum Gasteiger partial charge on any atom is 0.243 e. The zero-order valence-electron chi connectivity index (χ0n) is 5.60. The van der Waals surface area contributed by atoms with E-state index in [4.69, 9.17) is 5.73 Å². The molecule has 1 rings (SSSR count). The Hall–Kier alpha value is -0.510. The molecule has 0 amide bonds. The average molecular weight is 149 g/mol. The fourth-order valence-corrected chi connectivity index (χ4v) is 1.02. The van der Waals surface area contributed by atoms with Crippen molar-refractivity contribution in [3.8, 4) is 0 Å². The van der Waals surface area contributed by atoms with E-state index in [-0.39, 0.29) is 12.2 Å². The standard InChI is InChI=1S/C6H9F2NO/c1-3(10)6(9)2-4(6)5(7)8/h4-5H,2,9H2,1H3/t4-,6-/m0/s1. The Morgan fingerprint density at radius 3 is 2.40 bits per heavy atom. The summed E-state index contributed by atoms with van der Waals surface area (Å²) in [5.41, 5.74) is 4.10. The Bertz CT molecular complexity index is 171. The van der Waals surface area contributed by atoms with Crippen LogP contribution in [0.2, 0.25) is 0 Å². The molecule has 10 heavy (non-hydrogen) atoms. The number of nitrogens with two attached hydrogens (primary N) is 1. The second-order valence-corrected chi connectivity index (χ2v) is 2.74. The largest absolute Gasteiger partial charge is 0.319 e. The molecule has 0 spiro atoms. The van der Waals surface area contributed by atoms with Crippen LogP contribution in [0.15, 0.2) is 0 Å². The van der Waals surface area contributed by atoms with Crippen LogP contribution in [0.3, 0.4) is 0 Å². The molecule has 4 heteroatoms. The fourth-order valence-electron chi connectivity index (χ4n) is 1.02. The average Bonchev–Trinajstić information content (AvgIpc) is 2.43. The topological polar surface area (TPSA) is 43.1 Å². The van der Waals surface area contributed by atoms with E-state index in [0.29, 0.717) is 0 Å². The number of Topliss-reactive ketones (excluding diaryl/α,β-unsaturated/α-hetero) is 1. The summed E-state index contributed by atoms with van der Waals surface area (Å²) in [6, 6.07) is 0. The molecule has 0 aromatic carbocycles. The van der Waals surface area contributed by atoms with E-state index < -0.39 is 17.9 Å². The molecule has 0 aliphatic heterocycles.